The SMILES string of the molecule is COc1ccc(F)cc1CC(=O)N1CCN(C(=O)NC2CCCC2)CC1. The number of halogens is 1. The Hall–Kier alpha value is -2.31. The third kappa shape index (κ3) is 4.45. The molecule has 7 heteroatoms. The van der Waals surface area contributed by atoms with E-state index in [-0.39, 0.29) is 24.2 Å². The molecule has 1 aromatic rings. The predicted molar refractivity (Wildman–Crippen MR) is 95.6 cm³/mol. The number of urea groups is 1. The highest BCUT2D eigenvalue weighted by Gasteiger charge is 2.26. The largest absolute Gasteiger partial charge is 0.496 e. The van der Waals surface area contributed by atoms with Crippen molar-refractivity contribution in [3.63, 3.8) is 0 Å². The minimum Gasteiger partial charge on any atom is -0.496 e. The fourth-order valence-electron chi connectivity index (χ4n) is 3.66. The smallest absolute Gasteiger partial charge is 0.317 e. The predicted octanol–water partition coefficient (Wildman–Crippen LogP) is 2.17. The summed E-state index contributed by atoms with van der Waals surface area (Å²) < 4.78 is 18.7. The van der Waals surface area contributed by atoms with E-state index < -0.39 is 0 Å². The molecule has 0 radical (unpaired) electrons. The molecular formula is C19H26FN3O3. The van der Waals surface area contributed by atoms with Gasteiger partial charge in [0.2, 0.25) is 5.91 Å². The average molecular weight is 363 g/mol. The number of methoxy groups -OCH3 is 1. The van der Waals surface area contributed by atoms with E-state index in [0.717, 1.165) is 12.8 Å². The van der Waals surface area contributed by atoms with E-state index in [1.54, 1.807) is 9.80 Å². The lowest BCUT2D eigenvalue weighted by Gasteiger charge is -2.35. The molecule has 1 aromatic carbocycles. The van der Waals surface area contributed by atoms with Crippen LogP contribution < -0.4 is 10.1 Å². The van der Waals surface area contributed by atoms with Crippen LogP contribution in [0.25, 0.3) is 0 Å². The number of rotatable bonds is 4. The topological polar surface area (TPSA) is 61.9 Å². The molecule has 0 aromatic heterocycles. The third-order valence-corrected chi connectivity index (χ3v) is 5.19. The molecule has 142 valence electrons. The Kier molecular flexibility index (Phi) is 5.96. The summed E-state index contributed by atoms with van der Waals surface area (Å²) in [5.41, 5.74) is 0.541. The first-order valence-corrected chi connectivity index (χ1v) is 9.22. The highest BCUT2D eigenvalue weighted by atomic mass is 19.1. The highest BCUT2D eigenvalue weighted by molar-refractivity contribution is 5.80. The maximum Gasteiger partial charge on any atom is 0.317 e. The molecule has 1 saturated heterocycles. The van der Waals surface area contributed by atoms with Crippen LogP contribution in [0.3, 0.4) is 0 Å². The van der Waals surface area contributed by atoms with Gasteiger partial charge in [-0.05, 0) is 31.0 Å². The molecule has 3 rings (SSSR count). The van der Waals surface area contributed by atoms with Gasteiger partial charge in [-0.2, -0.15) is 0 Å². The molecule has 1 saturated carbocycles. The molecule has 1 aliphatic carbocycles. The Morgan fingerprint density at radius 3 is 2.46 bits per heavy atom. The fraction of sp³-hybridized carbons (Fsp3) is 0.579. The van der Waals surface area contributed by atoms with E-state index in [1.165, 1.54) is 38.2 Å². The minimum absolute atomic E-state index is 0.0317. The van der Waals surface area contributed by atoms with E-state index in [4.69, 9.17) is 4.74 Å². The number of nitrogens with zero attached hydrogens (tertiary/aromatic N) is 2. The summed E-state index contributed by atoms with van der Waals surface area (Å²) in [7, 11) is 1.50. The summed E-state index contributed by atoms with van der Waals surface area (Å²) >= 11 is 0. The number of benzene rings is 1. The van der Waals surface area contributed by atoms with E-state index in [2.05, 4.69) is 5.32 Å². The van der Waals surface area contributed by atoms with Gasteiger partial charge in [0.15, 0.2) is 0 Å². The molecule has 1 aliphatic heterocycles. The Balaban J connectivity index is 1.50. The maximum atomic E-state index is 13.5. The molecule has 1 N–H and O–H groups in total. The van der Waals surface area contributed by atoms with Crippen LogP contribution in [0.15, 0.2) is 18.2 Å². The Bertz CT molecular complexity index is 653. The molecule has 2 fully saturated rings. The van der Waals surface area contributed by atoms with Crippen LogP contribution in [0.1, 0.15) is 31.2 Å². The van der Waals surface area contributed by atoms with Crippen molar-refractivity contribution < 1.29 is 18.7 Å². The second kappa shape index (κ2) is 8.38. The first-order valence-electron chi connectivity index (χ1n) is 9.22. The van der Waals surface area contributed by atoms with Crippen molar-refractivity contribution in [3.05, 3.63) is 29.6 Å². The summed E-state index contributed by atoms with van der Waals surface area (Å²) in [5, 5.41) is 3.08. The molecule has 6 nitrogen and oxygen atoms in total. The number of hydrogen-bond acceptors (Lipinski definition) is 3. The van der Waals surface area contributed by atoms with Gasteiger partial charge in [-0.1, -0.05) is 12.8 Å². The number of hydrogen-bond donors (Lipinski definition) is 1. The van der Waals surface area contributed by atoms with Crippen molar-refractivity contribution in [1.82, 2.24) is 15.1 Å². The number of ether oxygens (including phenoxy) is 1. The molecule has 1 heterocycles. The average Bonchev–Trinajstić information content (AvgIpc) is 3.15. The Labute approximate surface area is 153 Å². The van der Waals surface area contributed by atoms with Gasteiger partial charge >= 0.3 is 6.03 Å². The maximum absolute atomic E-state index is 13.5. The highest BCUT2D eigenvalue weighted by Crippen LogP contribution is 2.21. The third-order valence-electron chi connectivity index (χ3n) is 5.19. The van der Waals surface area contributed by atoms with E-state index in [9.17, 15) is 14.0 Å². The molecule has 0 unspecified atom stereocenters. The van der Waals surface area contributed by atoms with E-state index >= 15 is 0 Å². The van der Waals surface area contributed by atoms with Gasteiger partial charge in [0, 0.05) is 37.8 Å². The van der Waals surface area contributed by atoms with Crippen LogP contribution in [0.2, 0.25) is 0 Å². The molecule has 0 spiro atoms. The zero-order valence-corrected chi connectivity index (χ0v) is 15.2. The molecule has 2 aliphatic rings. The van der Waals surface area contributed by atoms with Crippen LogP contribution in [0.5, 0.6) is 5.75 Å². The van der Waals surface area contributed by atoms with Gasteiger partial charge in [0.05, 0.1) is 13.5 Å². The number of amides is 3. The second-order valence-electron chi connectivity index (χ2n) is 6.93. The van der Waals surface area contributed by atoms with E-state index in [0.29, 0.717) is 43.5 Å². The molecule has 3 amide bonds. The van der Waals surface area contributed by atoms with Crippen LogP contribution in [-0.2, 0) is 11.2 Å². The normalized spacial score (nSPS) is 18.1. The standard InChI is InChI=1S/C19H26FN3O3/c1-26-17-7-6-15(20)12-14(17)13-18(24)22-8-10-23(11-9-22)19(25)21-16-4-2-3-5-16/h6-7,12,16H,2-5,8-11,13H2,1H3,(H,21,25). The van der Waals surface area contributed by atoms with Crippen molar-refractivity contribution >= 4 is 11.9 Å². The lowest BCUT2D eigenvalue weighted by atomic mass is 10.1. The Morgan fingerprint density at radius 1 is 1.15 bits per heavy atom. The number of carbonyl (C=O) groups excluding carboxylic acids is 2. The van der Waals surface area contributed by atoms with Crippen LogP contribution in [0, 0.1) is 5.82 Å². The minimum atomic E-state index is -0.387. The van der Waals surface area contributed by atoms with Gasteiger partial charge in [-0.15, -0.1) is 0 Å². The summed E-state index contributed by atoms with van der Waals surface area (Å²) in [4.78, 5) is 28.3. The van der Waals surface area contributed by atoms with Crippen LogP contribution in [-0.4, -0.2) is 61.1 Å². The molecular weight excluding hydrogens is 337 g/mol. The van der Waals surface area contributed by atoms with Gasteiger partial charge in [0.1, 0.15) is 11.6 Å². The summed E-state index contributed by atoms with van der Waals surface area (Å²) in [6.45, 7) is 2.03. The monoisotopic (exact) mass is 363 g/mol. The zero-order valence-electron chi connectivity index (χ0n) is 15.2. The van der Waals surface area contributed by atoms with Gasteiger partial charge in [-0.3, -0.25) is 4.79 Å². The van der Waals surface area contributed by atoms with Crippen molar-refractivity contribution in [2.24, 2.45) is 0 Å². The van der Waals surface area contributed by atoms with Crippen molar-refractivity contribution in [3.8, 4) is 5.75 Å². The van der Waals surface area contributed by atoms with Crippen LogP contribution in [0.4, 0.5) is 9.18 Å². The molecule has 26 heavy (non-hydrogen) atoms. The van der Waals surface area contributed by atoms with Crippen molar-refractivity contribution in [2.75, 3.05) is 33.3 Å². The Morgan fingerprint density at radius 2 is 1.81 bits per heavy atom. The first kappa shape index (κ1) is 18.5. The van der Waals surface area contributed by atoms with Gasteiger partial charge in [0.25, 0.3) is 0 Å². The zero-order chi connectivity index (χ0) is 18.5. The van der Waals surface area contributed by atoms with Crippen molar-refractivity contribution in [2.45, 2.75) is 38.1 Å². The van der Waals surface area contributed by atoms with Crippen molar-refractivity contribution in [1.29, 1.82) is 0 Å². The summed E-state index contributed by atoms with van der Waals surface area (Å²) in [6.07, 6.45) is 4.56. The number of piperazine rings is 1. The first-order chi connectivity index (χ1) is 12.6. The molecule has 0 atom stereocenters. The van der Waals surface area contributed by atoms with Gasteiger partial charge in [-0.25, -0.2) is 9.18 Å². The number of carbonyl (C=O) groups is 2. The second-order valence-corrected chi connectivity index (χ2v) is 6.93. The summed E-state index contributed by atoms with van der Waals surface area (Å²) in [6, 6.07) is 4.44. The lowest BCUT2D eigenvalue weighted by Crippen LogP contribution is -2.54. The van der Waals surface area contributed by atoms with E-state index in [1.807, 2.05) is 0 Å². The quantitative estimate of drug-likeness (QED) is 0.892. The molecule has 0 bridgehead atoms. The number of nitrogens with one attached hydrogen (secondary N) is 1. The van der Waals surface area contributed by atoms with Crippen LogP contribution >= 0.6 is 0 Å². The lowest BCUT2D eigenvalue weighted by molar-refractivity contribution is -0.131. The fourth-order valence-corrected chi connectivity index (χ4v) is 3.66. The van der Waals surface area contributed by atoms with Gasteiger partial charge < -0.3 is 19.9 Å². The summed E-state index contributed by atoms with van der Waals surface area (Å²) in [5.74, 6) is 0.0427.